The van der Waals surface area contributed by atoms with Gasteiger partial charge in [-0.3, -0.25) is 0 Å². The fourth-order valence-electron chi connectivity index (χ4n) is 1.87. The third kappa shape index (κ3) is 2.40. The number of primary sulfonamides is 1. The summed E-state index contributed by atoms with van der Waals surface area (Å²) in [4.78, 5) is 0.0854. The Morgan fingerprint density at radius 1 is 1.35 bits per heavy atom. The molecule has 0 spiro atoms. The second-order valence-corrected chi connectivity index (χ2v) is 5.65. The number of hydrogen-bond acceptors (Lipinski definition) is 4. The summed E-state index contributed by atoms with van der Waals surface area (Å²) in [7, 11) is -3.65. The van der Waals surface area contributed by atoms with Gasteiger partial charge in [-0.05, 0) is 30.0 Å². The van der Waals surface area contributed by atoms with Crippen LogP contribution in [0.2, 0.25) is 0 Å². The molecule has 0 heterocycles. The fraction of sp³-hybridized carbons (Fsp3) is 0.300. The number of nitrogens with zero attached hydrogens (tertiary/aromatic N) is 1. The van der Waals surface area contributed by atoms with E-state index in [1.807, 2.05) is 0 Å². The van der Waals surface area contributed by atoms with Gasteiger partial charge < -0.3 is 10.9 Å². The van der Waals surface area contributed by atoms with Crippen molar-refractivity contribution < 1.29 is 13.6 Å². The highest BCUT2D eigenvalue weighted by molar-refractivity contribution is 7.89. The quantitative estimate of drug-likeness (QED) is 0.309. The summed E-state index contributed by atoms with van der Waals surface area (Å²) in [5.74, 6) is 0.450. The molecular weight excluding hydrogens is 242 g/mol. The van der Waals surface area contributed by atoms with Gasteiger partial charge in [0.25, 0.3) is 0 Å². The molecule has 0 aromatic heterocycles. The molecule has 6 nitrogen and oxygen atoms in total. The first-order valence-electron chi connectivity index (χ1n) is 5.03. The average molecular weight is 255 g/mol. The predicted octanol–water partition coefficient (Wildman–Crippen LogP) is 0.184. The van der Waals surface area contributed by atoms with E-state index < -0.39 is 10.0 Å². The summed E-state index contributed by atoms with van der Waals surface area (Å²) in [6, 6.07) is 6.34. The number of benzene rings is 1. The molecule has 1 aliphatic rings. The van der Waals surface area contributed by atoms with E-state index >= 15 is 0 Å². The van der Waals surface area contributed by atoms with Gasteiger partial charge in [-0.2, -0.15) is 0 Å². The minimum absolute atomic E-state index is 0.0420. The third-order valence-corrected chi connectivity index (χ3v) is 3.85. The maximum Gasteiger partial charge on any atom is 0.238 e. The lowest BCUT2D eigenvalue weighted by molar-refractivity contribution is 0.316. The van der Waals surface area contributed by atoms with Gasteiger partial charge >= 0.3 is 0 Å². The summed E-state index contributed by atoms with van der Waals surface area (Å²) in [5, 5.41) is 16.5. The molecule has 1 aliphatic carbocycles. The highest BCUT2D eigenvalue weighted by Crippen LogP contribution is 2.47. The molecule has 0 amide bonds. The lowest BCUT2D eigenvalue weighted by Crippen LogP contribution is -2.15. The molecule has 7 heteroatoms. The Morgan fingerprint density at radius 2 is 1.94 bits per heavy atom. The van der Waals surface area contributed by atoms with Crippen LogP contribution < -0.4 is 10.9 Å². The Kier molecular flexibility index (Phi) is 2.80. The monoisotopic (exact) mass is 255 g/mol. The molecule has 0 radical (unpaired) electrons. The summed E-state index contributed by atoms with van der Waals surface area (Å²) < 4.78 is 22.1. The first kappa shape index (κ1) is 11.9. The van der Waals surface area contributed by atoms with Gasteiger partial charge in [0.1, 0.15) is 5.84 Å². The molecular formula is C10H13N3O3S. The molecule has 1 saturated carbocycles. The van der Waals surface area contributed by atoms with Crippen molar-refractivity contribution in [3.63, 3.8) is 0 Å². The fourth-order valence-corrected chi connectivity index (χ4v) is 2.38. The van der Waals surface area contributed by atoms with Crippen molar-refractivity contribution in [3.05, 3.63) is 29.8 Å². The highest BCUT2D eigenvalue weighted by Gasteiger charge is 2.41. The van der Waals surface area contributed by atoms with Gasteiger partial charge in [0, 0.05) is 5.92 Å². The molecule has 92 valence electrons. The van der Waals surface area contributed by atoms with Crippen molar-refractivity contribution >= 4 is 15.9 Å². The molecule has 0 aliphatic heterocycles. The smallest absolute Gasteiger partial charge is 0.238 e. The maximum atomic E-state index is 11.1. The van der Waals surface area contributed by atoms with Crippen LogP contribution in [0, 0.1) is 5.92 Å². The largest absolute Gasteiger partial charge is 0.409 e. The van der Waals surface area contributed by atoms with Crippen LogP contribution in [-0.2, 0) is 10.0 Å². The van der Waals surface area contributed by atoms with Gasteiger partial charge in [-0.25, -0.2) is 13.6 Å². The molecule has 0 saturated heterocycles. The van der Waals surface area contributed by atoms with E-state index in [-0.39, 0.29) is 22.6 Å². The number of sulfonamides is 1. The Labute approximate surface area is 99.0 Å². The van der Waals surface area contributed by atoms with E-state index in [0.717, 1.165) is 12.0 Å². The van der Waals surface area contributed by atoms with Crippen molar-refractivity contribution in [1.29, 1.82) is 0 Å². The zero-order valence-corrected chi connectivity index (χ0v) is 9.76. The van der Waals surface area contributed by atoms with Gasteiger partial charge in [-0.1, -0.05) is 17.3 Å². The molecule has 0 bridgehead atoms. The second-order valence-electron chi connectivity index (χ2n) is 4.09. The standard InChI is InChI=1S/C10H13N3O3S/c11-10(13-14)9-5-8(9)6-1-3-7(4-2-6)17(12,15)16/h1-4,8-9,14H,5H2,(H2,11,13)(H2,12,15,16). The van der Waals surface area contributed by atoms with Gasteiger partial charge in [0.2, 0.25) is 10.0 Å². The van der Waals surface area contributed by atoms with Crippen molar-refractivity contribution in [1.82, 2.24) is 0 Å². The van der Waals surface area contributed by atoms with Crippen LogP contribution in [0.1, 0.15) is 17.9 Å². The van der Waals surface area contributed by atoms with Crippen LogP contribution in [0.25, 0.3) is 0 Å². The van der Waals surface area contributed by atoms with Crippen molar-refractivity contribution in [2.45, 2.75) is 17.2 Å². The summed E-state index contributed by atoms with van der Waals surface area (Å²) in [5.41, 5.74) is 6.46. The minimum Gasteiger partial charge on any atom is -0.409 e. The van der Waals surface area contributed by atoms with Gasteiger partial charge in [0.05, 0.1) is 4.90 Å². The molecule has 17 heavy (non-hydrogen) atoms. The SMILES string of the molecule is N/C(=N\O)C1CC1c1ccc(S(N)(=O)=O)cc1. The summed E-state index contributed by atoms with van der Waals surface area (Å²) in [6.45, 7) is 0. The van der Waals surface area contributed by atoms with Crippen LogP contribution in [-0.4, -0.2) is 19.5 Å². The van der Waals surface area contributed by atoms with E-state index in [2.05, 4.69) is 5.16 Å². The van der Waals surface area contributed by atoms with Crippen LogP contribution in [0.4, 0.5) is 0 Å². The lowest BCUT2D eigenvalue weighted by atomic mass is 10.1. The van der Waals surface area contributed by atoms with E-state index in [1.54, 1.807) is 12.1 Å². The number of nitrogens with two attached hydrogens (primary N) is 2. The summed E-state index contributed by atoms with van der Waals surface area (Å²) >= 11 is 0. The first-order chi connectivity index (χ1) is 7.93. The number of rotatable bonds is 3. The summed E-state index contributed by atoms with van der Waals surface area (Å²) in [6.07, 6.45) is 0.810. The third-order valence-electron chi connectivity index (χ3n) is 2.92. The van der Waals surface area contributed by atoms with E-state index in [0.29, 0.717) is 0 Å². The Balaban J connectivity index is 2.16. The van der Waals surface area contributed by atoms with E-state index in [4.69, 9.17) is 16.1 Å². The van der Waals surface area contributed by atoms with E-state index in [9.17, 15) is 8.42 Å². The maximum absolute atomic E-state index is 11.1. The Bertz CT molecular complexity index is 551. The normalized spacial score (nSPS) is 24.6. The van der Waals surface area contributed by atoms with Gasteiger partial charge in [-0.15, -0.1) is 0 Å². The zero-order chi connectivity index (χ0) is 12.6. The average Bonchev–Trinajstić information content (AvgIpc) is 3.07. The Morgan fingerprint density at radius 3 is 2.41 bits per heavy atom. The molecule has 1 aromatic rings. The molecule has 1 fully saturated rings. The van der Waals surface area contributed by atoms with Crippen LogP contribution in [0.3, 0.4) is 0 Å². The van der Waals surface area contributed by atoms with Gasteiger partial charge in [0.15, 0.2) is 0 Å². The van der Waals surface area contributed by atoms with Crippen LogP contribution >= 0.6 is 0 Å². The van der Waals surface area contributed by atoms with Crippen molar-refractivity contribution in [2.75, 3.05) is 0 Å². The predicted molar refractivity (Wildman–Crippen MR) is 62.1 cm³/mol. The number of hydrogen-bond donors (Lipinski definition) is 3. The molecule has 5 N–H and O–H groups in total. The molecule has 1 aromatic carbocycles. The van der Waals surface area contributed by atoms with E-state index in [1.165, 1.54) is 12.1 Å². The molecule has 2 rings (SSSR count). The number of amidine groups is 1. The van der Waals surface area contributed by atoms with Crippen LogP contribution in [0.15, 0.2) is 34.3 Å². The Hall–Kier alpha value is -1.60. The molecule has 2 unspecified atom stereocenters. The molecule has 2 atom stereocenters. The highest BCUT2D eigenvalue weighted by atomic mass is 32.2. The number of oxime groups is 1. The lowest BCUT2D eigenvalue weighted by Gasteiger charge is -2.02. The minimum atomic E-state index is -3.65. The zero-order valence-electron chi connectivity index (χ0n) is 8.95. The second kappa shape index (κ2) is 4.01. The van der Waals surface area contributed by atoms with Crippen molar-refractivity contribution in [3.8, 4) is 0 Å². The van der Waals surface area contributed by atoms with Crippen molar-refractivity contribution in [2.24, 2.45) is 21.9 Å². The first-order valence-corrected chi connectivity index (χ1v) is 6.58. The van der Waals surface area contributed by atoms with Crippen LogP contribution in [0.5, 0.6) is 0 Å². The topological polar surface area (TPSA) is 119 Å².